The highest BCUT2D eigenvalue weighted by molar-refractivity contribution is 5.74. The zero-order valence-electron chi connectivity index (χ0n) is 12.5. The fourth-order valence-electron chi connectivity index (χ4n) is 2.35. The van der Waals surface area contributed by atoms with Gasteiger partial charge in [-0.2, -0.15) is 4.98 Å². The van der Waals surface area contributed by atoms with Gasteiger partial charge in [0.2, 0.25) is 5.95 Å². The predicted molar refractivity (Wildman–Crippen MR) is 81.3 cm³/mol. The van der Waals surface area contributed by atoms with Gasteiger partial charge in [0.1, 0.15) is 0 Å². The van der Waals surface area contributed by atoms with Crippen LogP contribution in [0.1, 0.15) is 26.7 Å². The van der Waals surface area contributed by atoms with E-state index in [9.17, 15) is 14.4 Å². The molecular weight excluding hydrogens is 290 g/mol. The minimum Gasteiger partial charge on any atom is -0.481 e. The number of imidazole rings is 1. The predicted octanol–water partition coefficient (Wildman–Crippen LogP) is 0.203. The number of aromatic amines is 1. The van der Waals surface area contributed by atoms with Crippen molar-refractivity contribution in [2.45, 2.75) is 39.8 Å². The summed E-state index contributed by atoms with van der Waals surface area (Å²) in [5.74, 6) is -0.400. The summed E-state index contributed by atoms with van der Waals surface area (Å²) in [6, 6.07) is 0. The first-order valence-corrected chi connectivity index (χ1v) is 7.18. The fraction of sp³-hybridized carbons (Fsp3) is 0.538. The smallest absolute Gasteiger partial charge is 0.330 e. The van der Waals surface area contributed by atoms with E-state index in [1.54, 1.807) is 11.5 Å². The van der Waals surface area contributed by atoms with E-state index in [-0.39, 0.29) is 6.42 Å². The van der Waals surface area contributed by atoms with Crippen LogP contribution in [0.2, 0.25) is 0 Å². The Morgan fingerprint density at radius 3 is 2.55 bits per heavy atom. The van der Waals surface area contributed by atoms with Gasteiger partial charge in [0.05, 0.1) is 0 Å². The molecule has 0 aliphatic rings. The summed E-state index contributed by atoms with van der Waals surface area (Å²) in [6.45, 7) is 4.98. The van der Waals surface area contributed by atoms with Crippen LogP contribution in [-0.2, 0) is 17.9 Å². The van der Waals surface area contributed by atoms with Crippen LogP contribution in [0.25, 0.3) is 11.2 Å². The van der Waals surface area contributed by atoms with Crippen molar-refractivity contribution in [3.63, 3.8) is 0 Å². The fourth-order valence-corrected chi connectivity index (χ4v) is 2.35. The number of carbonyl (C=O) groups is 1. The largest absolute Gasteiger partial charge is 0.481 e. The zero-order chi connectivity index (χ0) is 16.3. The van der Waals surface area contributed by atoms with Gasteiger partial charge < -0.3 is 15.0 Å². The van der Waals surface area contributed by atoms with E-state index >= 15 is 0 Å². The van der Waals surface area contributed by atoms with Crippen LogP contribution in [-0.4, -0.2) is 36.7 Å². The Balaban J connectivity index is 2.43. The second kappa shape index (κ2) is 6.46. The number of rotatable bonds is 7. The normalized spacial score (nSPS) is 11.0. The molecule has 0 bridgehead atoms. The maximum absolute atomic E-state index is 12.0. The van der Waals surface area contributed by atoms with Gasteiger partial charge in [-0.05, 0) is 20.3 Å². The number of aliphatic carboxylic acids is 1. The standard InChI is InChI=1S/C13H19N5O4/c1-3-17-9-10(18(4-2)13(22)16-11(9)21)15-12(17)14-7-5-6-8(19)20/h3-7H2,1-2H3,(H,14,15)(H,19,20)(H,16,21,22). The van der Waals surface area contributed by atoms with Gasteiger partial charge in [-0.25, -0.2) is 4.79 Å². The number of nitrogens with zero attached hydrogens (tertiary/aromatic N) is 3. The van der Waals surface area contributed by atoms with Gasteiger partial charge >= 0.3 is 11.7 Å². The van der Waals surface area contributed by atoms with E-state index in [1.165, 1.54) is 4.57 Å². The van der Waals surface area contributed by atoms with Gasteiger partial charge in [-0.15, -0.1) is 0 Å². The summed E-state index contributed by atoms with van der Waals surface area (Å²) < 4.78 is 3.08. The second-order valence-electron chi connectivity index (χ2n) is 4.78. The van der Waals surface area contributed by atoms with E-state index in [0.717, 1.165) is 0 Å². The van der Waals surface area contributed by atoms with Crippen molar-refractivity contribution in [3.8, 4) is 0 Å². The van der Waals surface area contributed by atoms with Gasteiger partial charge in [0.25, 0.3) is 5.56 Å². The third-order valence-corrected chi connectivity index (χ3v) is 3.37. The molecule has 0 radical (unpaired) electrons. The first kappa shape index (κ1) is 15.8. The topological polar surface area (TPSA) is 122 Å². The van der Waals surface area contributed by atoms with Crippen LogP contribution in [0.4, 0.5) is 5.95 Å². The van der Waals surface area contributed by atoms with Gasteiger partial charge in [0, 0.05) is 26.1 Å². The average molecular weight is 309 g/mol. The number of aromatic nitrogens is 4. The molecule has 0 unspecified atom stereocenters. The Labute approximate surface area is 125 Å². The Morgan fingerprint density at radius 1 is 1.27 bits per heavy atom. The van der Waals surface area contributed by atoms with Crippen molar-refractivity contribution in [2.24, 2.45) is 0 Å². The number of nitrogens with one attached hydrogen (secondary N) is 2. The van der Waals surface area contributed by atoms with Crippen molar-refractivity contribution in [2.75, 3.05) is 11.9 Å². The third-order valence-electron chi connectivity index (χ3n) is 3.37. The number of hydrogen-bond acceptors (Lipinski definition) is 5. The zero-order valence-corrected chi connectivity index (χ0v) is 12.5. The SMILES string of the molecule is CCn1c(NCCCC(=O)O)nc2c1c(=O)[nH]c(=O)n2CC. The maximum Gasteiger partial charge on any atom is 0.330 e. The van der Waals surface area contributed by atoms with Crippen molar-refractivity contribution in [1.29, 1.82) is 0 Å². The highest BCUT2D eigenvalue weighted by Gasteiger charge is 2.16. The van der Waals surface area contributed by atoms with Crippen molar-refractivity contribution in [3.05, 3.63) is 20.8 Å². The van der Waals surface area contributed by atoms with Gasteiger partial charge in [-0.3, -0.25) is 19.1 Å². The van der Waals surface area contributed by atoms with E-state index in [2.05, 4.69) is 15.3 Å². The monoisotopic (exact) mass is 309 g/mol. The summed E-state index contributed by atoms with van der Waals surface area (Å²) in [5, 5.41) is 11.7. The first-order chi connectivity index (χ1) is 10.5. The summed E-state index contributed by atoms with van der Waals surface area (Å²) in [5.41, 5.74) is -0.292. The highest BCUT2D eigenvalue weighted by Crippen LogP contribution is 2.15. The molecule has 0 atom stereocenters. The minimum atomic E-state index is -0.859. The number of H-pyrrole nitrogens is 1. The van der Waals surface area contributed by atoms with E-state index in [4.69, 9.17) is 5.11 Å². The second-order valence-corrected chi connectivity index (χ2v) is 4.78. The van der Waals surface area contributed by atoms with Crippen LogP contribution in [0, 0.1) is 0 Å². The van der Waals surface area contributed by atoms with Gasteiger partial charge in [-0.1, -0.05) is 0 Å². The molecule has 22 heavy (non-hydrogen) atoms. The third kappa shape index (κ3) is 2.87. The molecule has 0 spiro atoms. The molecule has 0 amide bonds. The van der Waals surface area contributed by atoms with Crippen molar-refractivity contribution in [1.82, 2.24) is 19.1 Å². The lowest BCUT2D eigenvalue weighted by Gasteiger charge is -2.07. The van der Waals surface area contributed by atoms with Crippen LogP contribution in [0.3, 0.4) is 0 Å². The summed E-state index contributed by atoms with van der Waals surface area (Å²) in [7, 11) is 0. The maximum atomic E-state index is 12.0. The van der Waals surface area contributed by atoms with Crippen LogP contribution in [0.5, 0.6) is 0 Å². The molecule has 0 saturated carbocycles. The van der Waals surface area contributed by atoms with Crippen LogP contribution in [0.15, 0.2) is 9.59 Å². The molecule has 3 N–H and O–H groups in total. The number of aryl methyl sites for hydroxylation is 2. The molecule has 0 aliphatic carbocycles. The molecule has 0 aromatic carbocycles. The number of anilines is 1. The lowest BCUT2D eigenvalue weighted by Crippen LogP contribution is -2.30. The molecule has 0 saturated heterocycles. The number of carboxylic acid groups (broad SMARTS) is 1. The number of hydrogen-bond donors (Lipinski definition) is 3. The highest BCUT2D eigenvalue weighted by atomic mass is 16.4. The average Bonchev–Trinajstić information content (AvgIpc) is 2.82. The number of carboxylic acids is 1. The van der Waals surface area contributed by atoms with Gasteiger partial charge in [0.15, 0.2) is 11.2 Å². The Morgan fingerprint density at radius 2 is 1.95 bits per heavy atom. The Hall–Kier alpha value is -2.58. The lowest BCUT2D eigenvalue weighted by atomic mass is 10.3. The molecular formula is C13H19N5O4. The molecule has 2 heterocycles. The Bertz CT molecular complexity index is 801. The molecule has 2 aromatic rings. The minimum absolute atomic E-state index is 0.0552. The first-order valence-electron chi connectivity index (χ1n) is 7.18. The lowest BCUT2D eigenvalue weighted by molar-refractivity contribution is -0.137. The molecule has 0 fully saturated rings. The van der Waals surface area contributed by atoms with E-state index < -0.39 is 17.2 Å². The molecule has 2 aromatic heterocycles. The molecule has 2 rings (SSSR count). The Kier molecular flexibility index (Phi) is 4.64. The van der Waals surface area contributed by atoms with Crippen molar-refractivity contribution >= 4 is 23.1 Å². The molecule has 9 nitrogen and oxygen atoms in total. The quantitative estimate of drug-likeness (QED) is 0.628. The van der Waals surface area contributed by atoms with Crippen LogP contribution >= 0.6 is 0 Å². The molecule has 0 aliphatic heterocycles. The number of fused-ring (bicyclic) bond motifs is 1. The molecule has 9 heteroatoms. The van der Waals surface area contributed by atoms with E-state index in [0.29, 0.717) is 43.2 Å². The summed E-state index contributed by atoms with van der Waals surface area (Å²) >= 11 is 0. The van der Waals surface area contributed by atoms with Crippen LogP contribution < -0.4 is 16.6 Å². The summed E-state index contributed by atoms with van der Waals surface area (Å²) in [4.78, 5) is 41.0. The summed E-state index contributed by atoms with van der Waals surface area (Å²) in [6.07, 6.45) is 0.499. The molecule has 120 valence electrons. The van der Waals surface area contributed by atoms with E-state index in [1.807, 2.05) is 6.92 Å². The van der Waals surface area contributed by atoms with Crippen molar-refractivity contribution < 1.29 is 9.90 Å².